The van der Waals surface area contributed by atoms with Gasteiger partial charge in [0.2, 0.25) is 0 Å². The van der Waals surface area contributed by atoms with Crippen molar-refractivity contribution in [1.82, 2.24) is 4.31 Å². The molecule has 1 saturated heterocycles. The highest BCUT2D eigenvalue weighted by Crippen LogP contribution is 2.30. The molecule has 0 bridgehead atoms. The van der Waals surface area contributed by atoms with Gasteiger partial charge in [0.15, 0.2) is 0 Å². The number of rotatable bonds is 2. The van der Waals surface area contributed by atoms with Gasteiger partial charge in [0.05, 0.1) is 12.5 Å². The SMILES string of the molecule is N#CCC1CCCN1SI. The molecular weight excluding hydrogens is 259 g/mol. The van der Waals surface area contributed by atoms with Gasteiger partial charge in [-0.2, -0.15) is 5.26 Å². The number of nitrogens with zero attached hydrogens (tertiary/aromatic N) is 2. The minimum atomic E-state index is 0.520. The summed E-state index contributed by atoms with van der Waals surface area (Å²) in [7, 11) is 1.73. The van der Waals surface area contributed by atoms with Crippen molar-refractivity contribution in [3.8, 4) is 6.07 Å². The molecule has 1 atom stereocenters. The third-order valence-electron chi connectivity index (χ3n) is 1.74. The predicted molar refractivity (Wildman–Crippen MR) is 51.6 cm³/mol. The Kier molecular flexibility index (Phi) is 3.81. The zero-order valence-electron chi connectivity index (χ0n) is 5.59. The van der Waals surface area contributed by atoms with Crippen molar-refractivity contribution >= 4 is 30.3 Å². The molecule has 1 aliphatic rings. The predicted octanol–water partition coefficient (Wildman–Crippen LogP) is 2.36. The van der Waals surface area contributed by atoms with Gasteiger partial charge >= 0.3 is 0 Å². The molecule has 0 N–H and O–H groups in total. The van der Waals surface area contributed by atoms with Crippen molar-refractivity contribution < 1.29 is 0 Å². The molecule has 10 heavy (non-hydrogen) atoms. The van der Waals surface area contributed by atoms with E-state index in [1.165, 1.54) is 12.8 Å². The molecule has 0 radical (unpaired) electrons. The van der Waals surface area contributed by atoms with E-state index in [-0.39, 0.29) is 0 Å². The molecule has 0 spiro atoms. The minimum Gasteiger partial charge on any atom is -0.238 e. The largest absolute Gasteiger partial charge is 0.238 e. The summed E-state index contributed by atoms with van der Waals surface area (Å²) in [6.45, 7) is 1.15. The number of halogens is 1. The Labute approximate surface area is 77.7 Å². The molecule has 0 saturated carbocycles. The van der Waals surface area contributed by atoms with Crippen molar-refractivity contribution in [2.75, 3.05) is 6.54 Å². The van der Waals surface area contributed by atoms with E-state index in [2.05, 4.69) is 31.6 Å². The van der Waals surface area contributed by atoms with E-state index in [4.69, 9.17) is 5.26 Å². The van der Waals surface area contributed by atoms with Gasteiger partial charge in [0, 0.05) is 33.8 Å². The summed E-state index contributed by atoms with van der Waals surface area (Å²) in [6.07, 6.45) is 3.14. The Morgan fingerprint density at radius 3 is 3.20 bits per heavy atom. The van der Waals surface area contributed by atoms with Crippen LogP contribution in [0.1, 0.15) is 19.3 Å². The average Bonchev–Trinajstić information content (AvgIpc) is 2.36. The molecule has 0 aromatic carbocycles. The van der Waals surface area contributed by atoms with Gasteiger partial charge in [-0.05, 0) is 22.0 Å². The molecule has 1 aliphatic heterocycles. The lowest BCUT2D eigenvalue weighted by Gasteiger charge is -2.16. The van der Waals surface area contributed by atoms with Gasteiger partial charge in [-0.1, -0.05) is 0 Å². The zero-order chi connectivity index (χ0) is 7.40. The second-order valence-corrected chi connectivity index (χ2v) is 4.16. The van der Waals surface area contributed by atoms with E-state index >= 15 is 0 Å². The summed E-state index contributed by atoms with van der Waals surface area (Å²) < 4.78 is 2.30. The highest BCUT2D eigenvalue weighted by Gasteiger charge is 2.23. The Morgan fingerprint density at radius 1 is 1.80 bits per heavy atom. The van der Waals surface area contributed by atoms with Crippen LogP contribution in [0, 0.1) is 11.3 Å². The lowest BCUT2D eigenvalue weighted by atomic mass is 10.2. The average molecular weight is 268 g/mol. The van der Waals surface area contributed by atoms with E-state index < -0.39 is 0 Å². The molecule has 1 heterocycles. The van der Waals surface area contributed by atoms with Crippen molar-refractivity contribution in [2.24, 2.45) is 0 Å². The van der Waals surface area contributed by atoms with Crippen molar-refractivity contribution in [3.63, 3.8) is 0 Å². The third-order valence-corrected chi connectivity index (χ3v) is 3.91. The lowest BCUT2D eigenvalue weighted by molar-refractivity contribution is 0.447. The molecule has 1 rings (SSSR count). The smallest absolute Gasteiger partial charge is 0.0638 e. The van der Waals surface area contributed by atoms with Gasteiger partial charge in [-0.15, -0.1) is 0 Å². The molecule has 4 heteroatoms. The van der Waals surface area contributed by atoms with E-state index in [1.54, 1.807) is 9.12 Å². The lowest BCUT2D eigenvalue weighted by Crippen LogP contribution is -2.20. The first-order valence-corrected chi connectivity index (χ1v) is 6.62. The molecule has 56 valence electrons. The number of hydrogen-bond donors (Lipinski definition) is 0. The van der Waals surface area contributed by atoms with Crippen molar-refractivity contribution in [2.45, 2.75) is 25.3 Å². The Morgan fingerprint density at radius 2 is 2.60 bits per heavy atom. The highest BCUT2D eigenvalue weighted by atomic mass is 127. The summed E-state index contributed by atoms with van der Waals surface area (Å²) in [5, 5.41) is 8.45. The standard InChI is InChI=1S/C6H9IN2S/c7-10-9-5-1-2-6(9)3-4-8/h6H,1-3,5H2. The summed E-state index contributed by atoms with van der Waals surface area (Å²) in [4.78, 5) is 0. The highest BCUT2D eigenvalue weighted by molar-refractivity contribution is 14.2. The number of nitriles is 1. The van der Waals surface area contributed by atoms with Crippen LogP contribution in [0.2, 0.25) is 0 Å². The van der Waals surface area contributed by atoms with Crippen LogP contribution in [-0.2, 0) is 0 Å². The number of hydrogen-bond acceptors (Lipinski definition) is 3. The Hall–Kier alpha value is 0.530. The quantitative estimate of drug-likeness (QED) is 0.568. The third kappa shape index (κ3) is 2.01. The summed E-state index contributed by atoms with van der Waals surface area (Å²) in [5.41, 5.74) is 0. The first-order chi connectivity index (χ1) is 4.88. The van der Waals surface area contributed by atoms with Gasteiger partial charge in [-0.25, -0.2) is 4.31 Å². The van der Waals surface area contributed by atoms with Crippen LogP contribution < -0.4 is 0 Å². The molecule has 0 aromatic heterocycles. The molecule has 0 aliphatic carbocycles. The topological polar surface area (TPSA) is 27.0 Å². The van der Waals surface area contributed by atoms with E-state index in [0.717, 1.165) is 6.54 Å². The van der Waals surface area contributed by atoms with Crippen LogP contribution in [0.4, 0.5) is 0 Å². The van der Waals surface area contributed by atoms with Crippen LogP contribution in [0.25, 0.3) is 0 Å². The summed E-state index contributed by atoms with van der Waals surface area (Å²) in [6, 6.07) is 2.74. The summed E-state index contributed by atoms with van der Waals surface area (Å²) >= 11 is 2.28. The molecule has 0 amide bonds. The van der Waals surface area contributed by atoms with Crippen molar-refractivity contribution in [1.29, 1.82) is 5.26 Å². The molecule has 1 fully saturated rings. The molecule has 2 nitrogen and oxygen atoms in total. The van der Waals surface area contributed by atoms with Gasteiger partial charge in [0.25, 0.3) is 0 Å². The molecule has 1 unspecified atom stereocenters. The van der Waals surface area contributed by atoms with Crippen molar-refractivity contribution in [3.05, 3.63) is 0 Å². The fourth-order valence-corrected chi connectivity index (χ4v) is 3.26. The maximum atomic E-state index is 8.45. The zero-order valence-corrected chi connectivity index (χ0v) is 8.56. The minimum absolute atomic E-state index is 0.520. The normalized spacial score (nSPS) is 26.6. The van der Waals surface area contributed by atoms with Gasteiger partial charge in [-0.3, -0.25) is 0 Å². The Balaban J connectivity index is 2.36. The van der Waals surface area contributed by atoms with Crippen LogP contribution in [0.5, 0.6) is 0 Å². The van der Waals surface area contributed by atoms with Gasteiger partial charge in [0.1, 0.15) is 0 Å². The van der Waals surface area contributed by atoms with E-state index in [1.807, 2.05) is 0 Å². The van der Waals surface area contributed by atoms with Crippen LogP contribution >= 0.6 is 30.3 Å². The van der Waals surface area contributed by atoms with Crippen LogP contribution in [-0.4, -0.2) is 16.9 Å². The second-order valence-electron chi connectivity index (χ2n) is 2.37. The first-order valence-electron chi connectivity index (χ1n) is 3.30. The fourth-order valence-electron chi connectivity index (χ4n) is 1.21. The fraction of sp³-hybridized carbons (Fsp3) is 0.833. The summed E-state index contributed by atoms with van der Waals surface area (Å²) in [5.74, 6) is 0. The first kappa shape index (κ1) is 8.62. The van der Waals surface area contributed by atoms with E-state index in [9.17, 15) is 0 Å². The second kappa shape index (κ2) is 4.42. The molecule has 0 aromatic rings. The monoisotopic (exact) mass is 268 g/mol. The van der Waals surface area contributed by atoms with Gasteiger partial charge < -0.3 is 0 Å². The van der Waals surface area contributed by atoms with E-state index in [0.29, 0.717) is 12.5 Å². The molecular formula is C6H9IN2S. The maximum Gasteiger partial charge on any atom is 0.0638 e. The Bertz CT molecular complexity index is 145. The van der Waals surface area contributed by atoms with Crippen LogP contribution in [0.15, 0.2) is 0 Å². The maximum absolute atomic E-state index is 8.45. The van der Waals surface area contributed by atoms with Crippen LogP contribution in [0.3, 0.4) is 0 Å².